The van der Waals surface area contributed by atoms with Gasteiger partial charge in [-0.25, -0.2) is 0 Å². The van der Waals surface area contributed by atoms with Crippen LogP contribution >= 0.6 is 23.2 Å². The molecule has 0 aliphatic carbocycles. The van der Waals surface area contributed by atoms with E-state index in [4.69, 9.17) is 23.2 Å². The van der Waals surface area contributed by atoms with Crippen LogP contribution in [0.5, 0.6) is 0 Å². The Morgan fingerprint density at radius 3 is 2.32 bits per heavy atom. The molecule has 0 unspecified atom stereocenters. The minimum Gasteiger partial charge on any atom is -0.394 e. The summed E-state index contributed by atoms with van der Waals surface area (Å²) in [5.41, 5.74) is 2.82. The molecular weight excluding hydrogens is 433 g/mol. The smallest absolute Gasteiger partial charge is 0.255 e. The fourth-order valence-corrected chi connectivity index (χ4v) is 5.02. The third-order valence-corrected chi connectivity index (χ3v) is 6.58. The third kappa shape index (κ3) is 3.97. The van der Waals surface area contributed by atoms with Crippen molar-refractivity contribution in [3.05, 3.63) is 105 Å². The highest BCUT2D eigenvalue weighted by molar-refractivity contribution is 6.35. The van der Waals surface area contributed by atoms with E-state index in [0.717, 1.165) is 11.1 Å². The minimum absolute atomic E-state index is 0.121. The lowest BCUT2D eigenvalue weighted by Gasteiger charge is -2.46. The van der Waals surface area contributed by atoms with Crippen molar-refractivity contribution in [3.8, 4) is 0 Å². The number of hydrogen-bond donors (Lipinski definition) is 2. The van der Waals surface area contributed by atoms with Gasteiger partial charge in [-0.2, -0.15) is 0 Å². The first-order chi connectivity index (χ1) is 14.9. The van der Waals surface area contributed by atoms with E-state index >= 15 is 0 Å². The number of halogens is 2. The molecule has 3 aromatic rings. The summed E-state index contributed by atoms with van der Waals surface area (Å²) in [7, 11) is 0. The van der Waals surface area contributed by atoms with Crippen LogP contribution in [0.15, 0.2) is 72.8 Å². The van der Waals surface area contributed by atoms with Crippen LogP contribution in [0.25, 0.3) is 0 Å². The fourth-order valence-electron chi connectivity index (χ4n) is 4.49. The molecule has 0 bridgehead atoms. The lowest BCUT2D eigenvalue weighted by Crippen LogP contribution is -2.51. The molecule has 31 heavy (non-hydrogen) atoms. The third-order valence-electron chi connectivity index (χ3n) is 6.02. The molecule has 4 atom stereocenters. The van der Waals surface area contributed by atoms with E-state index in [9.17, 15) is 15.0 Å². The molecule has 1 aliphatic heterocycles. The summed E-state index contributed by atoms with van der Waals surface area (Å²) >= 11 is 12.7. The highest BCUT2D eigenvalue weighted by Crippen LogP contribution is 2.46. The Kier molecular flexibility index (Phi) is 6.35. The van der Waals surface area contributed by atoms with Crippen LogP contribution in [-0.2, 0) is 0 Å². The maximum atomic E-state index is 13.7. The van der Waals surface area contributed by atoms with Crippen LogP contribution in [0.4, 0.5) is 0 Å². The largest absolute Gasteiger partial charge is 0.394 e. The van der Waals surface area contributed by atoms with Gasteiger partial charge in [0, 0.05) is 21.5 Å². The van der Waals surface area contributed by atoms with Gasteiger partial charge in [-0.1, -0.05) is 84.7 Å². The Hall–Kier alpha value is -2.37. The summed E-state index contributed by atoms with van der Waals surface area (Å²) < 4.78 is 0. The van der Waals surface area contributed by atoms with Crippen molar-refractivity contribution in [2.75, 3.05) is 6.61 Å². The first-order valence-electron chi connectivity index (χ1n) is 10.1. The van der Waals surface area contributed by atoms with Gasteiger partial charge in [-0.05, 0) is 34.9 Å². The predicted octanol–water partition coefficient (Wildman–Crippen LogP) is 5.39. The number of amides is 1. The van der Waals surface area contributed by atoms with E-state index in [-0.39, 0.29) is 11.8 Å². The summed E-state index contributed by atoms with van der Waals surface area (Å²) in [4.78, 5) is 15.3. The number of aliphatic hydroxyl groups excluding tert-OH is 2. The SMILES string of the molecule is C[C@@H]1c2ccccc2C(=O)N([C@@H](CO)[C@@H](O)c2ccccc2)[C@H]1c1ccc(Cl)cc1Cl. The van der Waals surface area contributed by atoms with Gasteiger partial charge in [-0.15, -0.1) is 0 Å². The van der Waals surface area contributed by atoms with E-state index < -0.39 is 24.8 Å². The van der Waals surface area contributed by atoms with Gasteiger partial charge in [0.05, 0.1) is 18.7 Å². The Balaban J connectivity index is 1.88. The molecule has 3 aromatic carbocycles. The second-order valence-corrected chi connectivity index (χ2v) is 8.65. The Labute approximate surface area is 191 Å². The molecule has 0 fully saturated rings. The molecule has 4 rings (SSSR count). The van der Waals surface area contributed by atoms with E-state index in [1.54, 1.807) is 35.2 Å². The highest BCUT2D eigenvalue weighted by Gasteiger charge is 2.44. The Morgan fingerprint density at radius 2 is 1.65 bits per heavy atom. The molecule has 160 valence electrons. The van der Waals surface area contributed by atoms with Gasteiger partial charge in [0.25, 0.3) is 5.91 Å². The summed E-state index contributed by atoms with van der Waals surface area (Å²) in [6, 6.07) is 20.3. The highest BCUT2D eigenvalue weighted by atomic mass is 35.5. The van der Waals surface area contributed by atoms with Crippen molar-refractivity contribution < 1.29 is 15.0 Å². The lowest BCUT2D eigenvalue weighted by molar-refractivity contribution is -0.00923. The van der Waals surface area contributed by atoms with Crippen LogP contribution in [0, 0.1) is 0 Å². The predicted molar refractivity (Wildman–Crippen MR) is 123 cm³/mol. The second kappa shape index (κ2) is 9.01. The average Bonchev–Trinajstić information content (AvgIpc) is 2.79. The van der Waals surface area contributed by atoms with Crippen LogP contribution in [-0.4, -0.2) is 33.7 Å². The maximum absolute atomic E-state index is 13.7. The number of nitrogens with zero attached hydrogens (tertiary/aromatic N) is 1. The molecule has 2 N–H and O–H groups in total. The molecule has 0 radical (unpaired) electrons. The zero-order valence-electron chi connectivity index (χ0n) is 17.0. The van der Waals surface area contributed by atoms with Crippen LogP contribution < -0.4 is 0 Å². The number of aliphatic hydroxyl groups is 2. The molecule has 1 amide bonds. The van der Waals surface area contributed by atoms with Crippen molar-refractivity contribution in [1.29, 1.82) is 0 Å². The molecule has 0 saturated heterocycles. The van der Waals surface area contributed by atoms with Crippen LogP contribution in [0.1, 0.15) is 52.0 Å². The zero-order valence-corrected chi connectivity index (χ0v) is 18.5. The van der Waals surface area contributed by atoms with Crippen molar-refractivity contribution in [2.24, 2.45) is 0 Å². The van der Waals surface area contributed by atoms with Gasteiger partial charge in [0.2, 0.25) is 0 Å². The van der Waals surface area contributed by atoms with Gasteiger partial charge in [0.15, 0.2) is 0 Å². The molecule has 1 aliphatic rings. The first-order valence-corrected chi connectivity index (χ1v) is 10.9. The summed E-state index contributed by atoms with van der Waals surface area (Å²) in [6.07, 6.45) is -1.07. The van der Waals surface area contributed by atoms with Crippen molar-refractivity contribution in [3.63, 3.8) is 0 Å². The number of benzene rings is 3. The van der Waals surface area contributed by atoms with Crippen LogP contribution in [0.2, 0.25) is 10.0 Å². The zero-order chi connectivity index (χ0) is 22.1. The van der Waals surface area contributed by atoms with E-state index in [1.165, 1.54) is 0 Å². The normalized spacial score (nSPS) is 20.3. The molecule has 0 saturated carbocycles. The van der Waals surface area contributed by atoms with Gasteiger partial charge < -0.3 is 15.1 Å². The van der Waals surface area contributed by atoms with Gasteiger partial charge >= 0.3 is 0 Å². The standard InChI is InChI=1S/C25H23Cl2NO3/c1-15-18-9-5-6-10-19(18)25(31)28(23(15)20-12-11-17(26)13-21(20)27)22(14-29)24(30)16-7-3-2-4-8-16/h2-13,15,22-24,29-30H,14H2,1H3/t15-,22+,23-,24+/m1/s1. The van der Waals surface area contributed by atoms with E-state index in [1.807, 2.05) is 49.4 Å². The maximum Gasteiger partial charge on any atom is 0.255 e. The molecule has 0 spiro atoms. The molecule has 0 aromatic heterocycles. The van der Waals surface area contributed by atoms with Gasteiger partial charge in [-0.3, -0.25) is 4.79 Å². The topological polar surface area (TPSA) is 60.8 Å². The first kappa shape index (κ1) is 21.8. The average molecular weight is 456 g/mol. The van der Waals surface area contributed by atoms with Crippen molar-refractivity contribution >= 4 is 29.1 Å². The number of rotatable bonds is 5. The lowest BCUT2D eigenvalue weighted by atomic mass is 9.79. The molecule has 6 heteroatoms. The molecular formula is C25H23Cl2NO3. The molecule has 1 heterocycles. The van der Waals surface area contributed by atoms with Crippen LogP contribution in [0.3, 0.4) is 0 Å². The fraction of sp³-hybridized carbons (Fsp3) is 0.240. The number of hydrogen-bond acceptors (Lipinski definition) is 3. The number of carbonyl (C=O) groups excluding carboxylic acids is 1. The van der Waals surface area contributed by atoms with Crippen molar-refractivity contribution in [1.82, 2.24) is 4.90 Å². The Bertz CT molecular complexity index is 1090. The summed E-state index contributed by atoms with van der Waals surface area (Å²) in [6.45, 7) is 1.62. The van der Waals surface area contributed by atoms with Crippen molar-refractivity contribution in [2.45, 2.75) is 31.0 Å². The molecule has 4 nitrogen and oxygen atoms in total. The van der Waals surface area contributed by atoms with E-state index in [2.05, 4.69) is 0 Å². The van der Waals surface area contributed by atoms with Gasteiger partial charge in [0.1, 0.15) is 6.10 Å². The number of carbonyl (C=O) groups is 1. The summed E-state index contributed by atoms with van der Waals surface area (Å²) in [5, 5.41) is 22.4. The van der Waals surface area contributed by atoms with E-state index in [0.29, 0.717) is 21.2 Å². The number of fused-ring (bicyclic) bond motifs is 1. The quantitative estimate of drug-likeness (QED) is 0.542. The second-order valence-electron chi connectivity index (χ2n) is 7.80. The monoisotopic (exact) mass is 455 g/mol. The minimum atomic E-state index is -1.07. The Morgan fingerprint density at radius 1 is 0.968 bits per heavy atom. The summed E-state index contributed by atoms with van der Waals surface area (Å²) in [5.74, 6) is -0.372.